The second-order valence-corrected chi connectivity index (χ2v) is 3.83. The lowest BCUT2D eigenvalue weighted by molar-refractivity contribution is -0.385. The van der Waals surface area contributed by atoms with Gasteiger partial charge >= 0.3 is 0 Å². The fourth-order valence-electron chi connectivity index (χ4n) is 1.86. The lowest BCUT2D eigenvalue weighted by atomic mass is 10.1. The Balaban J connectivity index is 2.63. The van der Waals surface area contributed by atoms with Crippen molar-refractivity contribution in [1.29, 1.82) is 0 Å². The quantitative estimate of drug-likeness (QED) is 0.573. The van der Waals surface area contributed by atoms with Crippen molar-refractivity contribution in [1.82, 2.24) is 0 Å². The molecule has 0 saturated carbocycles. The van der Waals surface area contributed by atoms with Crippen LogP contribution in [0.4, 0.5) is 5.69 Å². The van der Waals surface area contributed by atoms with Gasteiger partial charge in [-0.25, -0.2) is 0 Å². The van der Waals surface area contributed by atoms with E-state index in [0.717, 1.165) is 17.5 Å². The number of nitrogens with two attached hydrogens (primary N) is 1. The summed E-state index contributed by atoms with van der Waals surface area (Å²) < 4.78 is 0. The molecule has 1 aliphatic carbocycles. The summed E-state index contributed by atoms with van der Waals surface area (Å²) in [6, 6.07) is 3.00. The number of nitro groups is 1. The zero-order chi connectivity index (χ0) is 10.3. The van der Waals surface area contributed by atoms with Crippen molar-refractivity contribution in [3.05, 3.63) is 38.4 Å². The van der Waals surface area contributed by atoms with Crippen molar-refractivity contribution >= 4 is 17.3 Å². The van der Waals surface area contributed by atoms with Gasteiger partial charge in [0.25, 0.3) is 5.69 Å². The number of halogens is 1. The average Bonchev–Trinajstić information content (AvgIpc) is 2.47. The minimum absolute atomic E-state index is 0.0976. The molecular weight excluding hydrogens is 204 g/mol. The Hall–Kier alpha value is -1.13. The molecule has 0 fully saturated rings. The maximum atomic E-state index is 10.7. The van der Waals surface area contributed by atoms with Gasteiger partial charge in [-0.05, 0) is 24.5 Å². The molecule has 2 rings (SSSR count). The summed E-state index contributed by atoms with van der Waals surface area (Å²) in [4.78, 5) is 10.3. The highest BCUT2D eigenvalue weighted by molar-refractivity contribution is 6.30. The maximum Gasteiger partial charge on any atom is 0.274 e. The van der Waals surface area contributed by atoms with E-state index in [2.05, 4.69) is 0 Å². The second kappa shape index (κ2) is 3.22. The Labute approximate surface area is 85.8 Å². The zero-order valence-corrected chi connectivity index (χ0v) is 8.12. The summed E-state index contributed by atoms with van der Waals surface area (Å²) in [7, 11) is 0. The van der Waals surface area contributed by atoms with Gasteiger partial charge < -0.3 is 5.73 Å². The molecule has 4 nitrogen and oxygen atoms in total. The number of nitrogens with zero attached hydrogens (tertiary/aromatic N) is 1. The first-order valence-electron chi connectivity index (χ1n) is 4.32. The molecule has 1 aliphatic rings. The number of benzene rings is 1. The largest absolute Gasteiger partial charge is 0.324 e. The van der Waals surface area contributed by atoms with Gasteiger partial charge in [0.2, 0.25) is 0 Å². The van der Waals surface area contributed by atoms with Gasteiger partial charge in [0.15, 0.2) is 0 Å². The highest BCUT2D eigenvalue weighted by Crippen LogP contribution is 2.37. The molecule has 0 radical (unpaired) electrons. The van der Waals surface area contributed by atoms with Crippen LogP contribution in [-0.4, -0.2) is 4.92 Å². The number of hydrogen-bond acceptors (Lipinski definition) is 3. The first kappa shape index (κ1) is 9.43. The van der Waals surface area contributed by atoms with Crippen LogP contribution < -0.4 is 5.73 Å². The van der Waals surface area contributed by atoms with Crippen molar-refractivity contribution in [2.24, 2.45) is 5.73 Å². The van der Waals surface area contributed by atoms with E-state index in [1.165, 1.54) is 6.07 Å². The third-order valence-corrected chi connectivity index (χ3v) is 2.75. The number of fused-ring (bicyclic) bond motifs is 1. The van der Waals surface area contributed by atoms with Crippen molar-refractivity contribution in [2.75, 3.05) is 0 Å². The smallest absolute Gasteiger partial charge is 0.274 e. The number of hydrogen-bond donors (Lipinski definition) is 1. The Bertz CT molecular complexity index is 406. The molecule has 74 valence electrons. The van der Waals surface area contributed by atoms with Crippen LogP contribution in [-0.2, 0) is 6.42 Å². The fraction of sp³-hybridized carbons (Fsp3) is 0.333. The van der Waals surface area contributed by atoms with Gasteiger partial charge in [-0.2, -0.15) is 0 Å². The summed E-state index contributed by atoms with van der Waals surface area (Å²) in [5.41, 5.74) is 7.47. The van der Waals surface area contributed by atoms with Gasteiger partial charge in [-0.15, -0.1) is 0 Å². The fourth-order valence-corrected chi connectivity index (χ4v) is 2.09. The molecule has 0 unspecified atom stereocenters. The molecule has 1 atom stereocenters. The zero-order valence-electron chi connectivity index (χ0n) is 7.37. The molecule has 0 saturated heterocycles. The van der Waals surface area contributed by atoms with E-state index >= 15 is 0 Å². The van der Waals surface area contributed by atoms with E-state index in [1.807, 2.05) is 0 Å². The Kier molecular flexibility index (Phi) is 2.17. The van der Waals surface area contributed by atoms with Crippen LogP contribution >= 0.6 is 11.6 Å². The van der Waals surface area contributed by atoms with Crippen molar-refractivity contribution in [3.63, 3.8) is 0 Å². The third-order valence-electron chi connectivity index (χ3n) is 2.53. The van der Waals surface area contributed by atoms with Gasteiger partial charge in [-0.3, -0.25) is 10.1 Å². The number of nitro benzene ring substituents is 1. The molecule has 14 heavy (non-hydrogen) atoms. The minimum Gasteiger partial charge on any atom is -0.324 e. The molecule has 2 N–H and O–H groups in total. The summed E-state index contributed by atoms with van der Waals surface area (Å²) in [5, 5.41) is 11.1. The van der Waals surface area contributed by atoms with Gasteiger partial charge in [0.1, 0.15) is 0 Å². The lowest BCUT2D eigenvalue weighted by Crippen LogP contribution is -2.05. The summed E-state index contributed by atoms with van der Waals surface area (Å²) in [6.07, 6.45) is 1.43. The van der Waals surface area contributed by atoms with Gasteiger partial charge in [0, 0.05) is 22.7 Å². The summed E-state index contributed by atoms with van der Waals surface area (Å²) in [6.45, 7) is 0. The molecule has 1 aromatic carbocycles. The van der Waals surface area contributed by atoms with Crippen LogP contribution in [0.1, 0.15) is 23.6 Å². The van der Waals surface area contributed by atoms with Crippen molar-refractivity contribution in [2.45, 2.75) is 18.9 Å². The number of rotatable bonds is 1. The Morgan fingerprint density at radius 1 is 1.57 bits per heavy atom. The first-order valence-corrected chi connectivity index (χ1v) is 4.69. The standard InChI is InChI=1S/C9H9ClN2O2/c10-5-3-7-6(1-2-8(7)11)9(4-5)12(13)14/h3-4,8H,1-2,11H2/t8-/m0/s1. The first-order chi connectivity index (χ1) is 6.59. The molecule has 0 spiro atoms. The van der Waals surface area contributed by atoms with Crippen LogP contribution in [0, 0.1) is 10.1 Å². The van der Waals surface area contributed by atoms with Crippen molar-refractivity contribution in [3.8, 4) is 0 Å². The van der Waals surface area contributed by atoms with Crippen molar-refractivity contribution < 1.29 is 4.92 Å². The minimum atomic E-state index is -0.400. The molecule has 0 aromatic heterocycles. The van der Waals surface area contributed by atoms with E-state index in [1.54, 1.807) is 6.07 Å². The highest BCUT2D eigenvalue weighted by Gasteiger charge is 2.27. The molecule has 5 heteroatoms. The highest BCUT2D eigenvalue weighted by atomic mass is 35.5. The van der Waals surface area contributed by atoms with Gasteiger partial charge in [0.05, 0.1) is 4.92 Å². The van der Waals surface area contributed by atoms with E-state index in [9.17, 15) is 10.1 Å². The molecule has 0 aliphatic heterocycles. The van der Waals surface area contributed by atoms with Crippen LogP contribution in [0.25, 0.3) is 0 Å². The van der Waals surface area contributed by atoms with E-state index in [0.29, 0.717) is 11.4 Å². The SMILES string of the molecule is N[C@H]1CCc2c1cc(Cl)cc2[N+](=O)[O-]. The van der Waals surface area contributed by atoms with E-state index < -0.39 is 4.92 Å². The third kappa shape index (κ3) is 1.36. The van der Waals surface area contributed by atoms with Crippen LogP contribution in [0.5, 0.6) is 0 Å². The second-order valence-electron chi connectivity index (χ2n) is 3.39. The van der Waals surface area contributed by atoms with Crippen LogP contribution in [0.15, 0.2) is 12.1 Å². The van der Waals surface area contributed by atoms with E-state index in [4.69, 9.17) is 17.3 Å². The normalized spacial score (nSPS) is 19.4. The van der Waals surface area contributed by atoms with Crippen LogP contribution in [0.2, 0.25) is 5.02 Å². The maximum absolute atomic E-state index is 10.7. The van der Waals surface area contributed by atoms with E-state index in [-0.39, 0.29) is 11.7 Å². The van der Waals surface area contributed by atoms with Gasteiger partial charge in [-0.1, -0.05) is 11.6 Å². The van der Waals surface area contributed by atoms with Crippen LogP contribution in [0.3, 0.4) is 0 Å². The molecule has 0 amide bonds. The average molecular weight is 213 g/mol. The molecular formula is C9H9ClN2O2. The topological polar surface area (TPSA) is 69.2 Å². The molecule has 0 bridgehead atoms. The predicted molar refractivity (Wildman–Crippen MR) is 53.4 cm³/mol. The Morgan fingerprint density at radius 2 is 2.29 bits per heavy atom. The predicted octanol–water partition coefficient (Wildman–Crippen LogP) is 2.19. The monoisotopic (exact) mass is 212 g/mol. The summed E-state index contributed by atoms with van der Waals surface area (Å²) >= 11 is 5.78. The molecule has 1 aromatic rings. The Morgan fingerprint density at radius 3 is 2.93 bits per heavy atom. The molecule has 0 heterocycles. The lowest BCUT2D eigenvalue weighted by Gasteiger charge is -2.05. The summed E-state index contributed by atoms with van der Waals surface area (Å²) in [5.74, 6) is 0.